The molecule has 0 aromatic carbocycles. The van der Waals surface area contributed by atoms with Crippen molar-refractivity contribution in [3.8, 4) is 0 Å². The Morgan fingerprint density at radius 2 is 2.05 bits per heavy atom. The second kappa shape index (κ2) is 6.71. The van der Waals surface area contributed by atoms with Gasteiger partial charge in [0.15, 0.2) is 0 Å². The van der Waals surface area contributed by atoms with Crippen LogP contribution in [-0.2, 0) is 9.53 Å². The van der Waals surface area contributed by atoms with Crippen molar-refractivity contribution in [2.75, 3.05) is 20.3 Å². The van der Waals surface area contributed by atoms with Gasteiger partial charge in [-0.1, -0.05) is 26.7 Å². The van der Waals surface area contributed by atoms with Gasteiger partial charge in [0, 0.05) is 13.7 Å². The molecule has 19 heavy (non-hydrogen) atoms. The minimum atomic E-state index is 0.0162. The standard InChI is InChI=1S/C15H28N2O2/c1-11(2)10-13-15(18)17(8-9-19-3)14(16-13)12-6-4-5-7-12/h11-14,16H,4-10H2,1-3H3. The van der Waals surface area contributed by atoms with Gasteiger partial charge >= 0.3 is 0 Å². The van der Waals surface area contributed by atoms with Gasteiger partial charge in [0.25, 0.3) is 0 Å². The number of rotatable bonds is 6. The fraction of sp³-hybridized carbons (Fsp3) is 0.933. The largest absolute Gasteiger partial charge is 0.383 e. The van der Waals surface area contributed by atoms with Crippen LogP contribution < -0.4 is 5.32 Å². The second-order valence-electron chi connectivity index (χ2n) is 6.36. The Kier molecular flexibility index (Phi) is 5.22. The molecule has 2 atom stereocenters. The molecular weight excluding hydrogens is 240 g/mol. The van der Waals surface area contributed by atoms with Crippen LogP contribution in [0.4, 0.5) is 0 Å². The van der Waals surface area contributed by atoms with Crippen LogP contribution >= 0.6 is 0 Å². The number of nitrogens with zero attached hydrogens (tertiary/aromatic N) is 1. The monoisotopic (exact) mass is 268 g/mol. The molecule has 110 valence electrons. The van der Waals surface area contributed by atoms with Crippen molar-refractivity contribution >= 4 is 5.91 Å². The number of amides is 1. The van der Waals surface area contributed by atoms with E-state index in [2.05, 4.69) is 19.2 Å². The predicted octanol–water partition coefficient (Wildman–Crippen LogP) is 2.00. The van der Waals surface area contributed by atoms with Gasteiger partial charge < -0.3 is 9.64 Å². The molecule has 1 aliphatic heterocycles. The Balaban J connectivity index is 2.03. The summed E-state index contributed by atoms with van der Waals surface area (Å²) in [4.78, 5) is 14.6. The molecule has 4 heteroatoms. The molecule has 1 N–H and O–H groups in total. The van der Waals surface area contributed by atoms with Gasteiger partial charge in [-0.05, 0) is 31.1 Å². The SMILES string of the molecule is COCCN1C(=O)C(CC(C)C)NC1C1CCCC1. The molecule has 2 rings (SSSR count). The van der Waals surface area contributed by atoms with Gasteiger partial charge in [-0.15, -0.1) is 0 Å². The highest BCUT2D eigenvalue weighted by Crippen LogP contribution is 2.32. The highest BCUT2D eigenvalue weighted by molar-refractivity contribution is 5.84. The molecule has 2 fully saturated rings. The van der Waals surface area contributed by atoms with Crippen LogP contribution in [0, 0.1) is 11.8 Å². The van der Waals surface area contributed by atoms with Gasteiger partial charge in [-0.3, -0.25) is 10.1 Å². The number of nitrogens with one attached hydrogen (secondary N) is 1. The fourth-order valence-corrected chi connectivity index (χ4v) is 3.45. The Morgan fingerprint density at radius 1 is 1.37 bits per heavy atom. The maximum Gasteiger partial charge on any atom is 0.241 e. The summed E-state index contributed by atoms with van der Waals surface area (Å²) in [5.74, 6) is 1.47. The van der Waals surface area contributed by atoms with Crippen LogP contribution in [0.15, 0.2) is 0 Å². The van der Waals surface area contributed by atoms with E-state index in [1.54, 1.807) is 7.11 Å². The zero-order chi connectivity index (χ0) is 13.8. The average molecular weight is 268 g/mol. The van der Waals surface area contributed by atoms with E-state index in [1.807, 2.05) is 4.90 Å². The lowest BCUT2D eigenvalue weighted by Gasteiger charge is -2.28. The molecule has 1 amide bonds. The topological polar surface area (TPSA) is 41.6 Å². The van der Waals surface area contributed by atoms with E-state index in [1.165, 1.54) is 25.7 Å². The number of ether oxygens (including phenoxy) is 1. The first kappa shape index (κ1) is 14.8. The van der Waals surface area contributed by atoms with Crippen LogP contribution in [0.5, 0.6) is 0 Å². The third kappa shape index (κ3) is 3.48. The van der Waals surface area contributed by atoms with Crippen LogP contribution in [0.3, 0.4) is 0 Å². The first-order valence-electron chi connectivity index (χ1n) is 7.69. The minimum Gasteiger partial charge on any atom is -0.383 e. The van der Waals surface area contributed by atoms with E-state index in [0.29, 0.717) is 18.4 Å². The fourth-order valence-electron chi connectivity index (χ4n) is 3.45. The maximum absolute atomic E-state index is 12.5. The summed E-state index contributed by atoms with van der Waals surface area (Å²) in [6.07, 6.45) is 6.31. The highest BCUT2D eigenvalue weighted by atomic mass is 16.5. The van der Waals surface area contributed by atoms with Crippen LogP contribution in [0.25, 0.3) is 0 Å². The summed E-state index contributed by atoms with van der Waals surface area (Å²) < 4.78 is 5.16. The number of hydrogen-bond acceptors (Lipinski definition) is 3. The van der Waals surface area contributed by atoms with Crippen molar-refractivity contribution in [2.45, 2.75) is 58.2 Å². The van der Waals surface area contributed by atoms with Gasteiger partial charge in [0.1, 0.15) is 0 Å². The number of methoxy groups -OCH3 is 1. The normalized spacial score (nSPS) is 28.8. The Hall–Kier alpha value is -0.610. The van der Waals surface area contributed by atoms with Crippen LogP contribution in [0.1, 0.15) is 46.0 Å². The molecular formula is C15H28N2O2. The Labute approximate surface area is 116 Å². The van der Waals surface area contributed by atoms with Crippen molar-refractivity contribution in [1.82, 2.24) is 10.2 Å². The molecule has 2 aliphatic rings. The highest BCUT2D eigenvalue weighted by Gasteiger charge is 2.42. The smallest absolute Gasteiger partial charge is 0.241 e. The second-order valence-corrected chi connectivity index (χ2v) is 6.36. The molecule has 0 bridgehead atoms. The van der Waals surface area contributed by atoms with E-state index in [9.17, 15) is 4.79 Å². The Bertz CT molecular complexity index is 301. The van der Waals surface area contributed by atoms with E-state index < -0.39 is 0 Å². The van der Waals surface area contributed by atoms with E-state index in [4.69, 9.17) is 4.74 Å². The van der Waals surface area contributed by atoms with E-state index in [0.717, 1.165) is 13.0 Å². The summed E-state index contributed by atoms with van der Waals surface area (Å²) >= 11 is 0. The molecule has 1 saturated carbocycles. The quantitative estimate of drug-likeness (QED) is 0.801. The summed E-state index contributed by atoms with van der Waals surface area (Å²) in [6.45, 7) is 5.71. The number of carbonyl (C=O) groups excluding carboxylic acids is 1. The first-order valence-corrected chi connectivity index (χ1v) is 7.69. The Morgan fingerprint density at radius 3 is 2.63 bits per heavy atom. The van der Waals surface area contributed by atoms with Crippen molar-refractivity contribution in [1.29, 1.82) is 0 Å². The summed E-state index contributed by atoms with van der Waals surface area (Å²) in [6, 6.07) is 0.0162. The number of hydrogen-bond donors (Lipinski definition) is 1. The van der Waals surface area contributed by atoms with Crippen molar-refractivity contribution in [3.63, 3.8) is 0 Å². The lowest BCUT2D eigenvalue weighted by atomic mass is 10.0. The molecule has 2 unspecified atom stereocenters. The van der Waals surface area contributed by atoms with Gasteiger partial charge in [-0.25, -0.2) is 0 Å². The van der Waals surface area contributed by atoms with Gasteiger partial charge in [-0.2, -0.15) is 0 Å². The summed E-state index contributed by atoms with van der Waals surface area (Å²) in [5.41, 5.74) is 0. The molecule has 0 radical (unpaired) electrons. The van der Waals surface area contributed by atoms with Crippen LogP contribution in [0.2, 0.25) is 0 Å². The first-order chi connectivity index (χ1) is 9.13. The van der Waals surface area contributed by atoms with Crippen molar-refractivity contribution in [3.05, 3.63) is 0 Å². The molecule has 1 aliphatic carbocycles. The van der Waals surface area contributed by atoms with E-state index >= 15 is 0 Å². The van der Waals surface area contributed by atoms with Gasteiger partial charge in [0.05, 0.1) is 18.8 Å². The summed E-state index contributed by atoms with van der Waals surface area (Å²) in [5, 5.41) is 3.59. The predicted molar refractivity (Wildman–Crippen MR) is 75.7 cm³/mol. The van der Waals surface area contributed by atoms with Gasteiger partial charge in [0.2, 0.25) is 5.91 Å². The van der Waals surface area contributed by atoms with Crippen molar-refractivity contribution < 1.29 is 9.53 Å². The zero-order valence-electron chi connectivity index (χ0n) is 12.5. The lowest BCUT2D eigenvalue weighted by molar-refractivity contribution is -0.131. The van der Waals surface area contributed by atoms with Crippen molar-refractivity contribution in [2.24, 2.45) is 11.8 Å². The molecule has 4 nitrogen and oxygen atoms in total. The molecule has 0 aromatic heterocycles. The molecule has 1 saturated heterocycles. The third-order valence-electron chi connectivity index (χ3n) is 4.38. The molecule has 1 heterocycles. The molecule has 0 spiro atoms. The average Bonchev–Trinajstić information content (AvgIpc) is 2.97. The zero-order valence-corrected chi connectivity index (χ0v) is 12.5. The van der Waals surface area contributed by atoms with E-state index in [-0.39, 0.29) is 18.1 Å². The molecule has 0 aromatic rings. The third-order valence-corrected chi connectivity index (χ3v) is 4.38. The summed E-state index contributed by atoms with van der Waals surface area (Å²) in [7, 11) is 1.70. The van der Waals surface area contributed by atoms with Crippen LogP contribution in [-0.4, -0.2) is 43.3 Å². The maximum atomic E-state index is 12.5. The minimum absolute atomic E-state index is 0.0162. The number of carbonyl (C=O) groups is 1. The lowest BCUT2D eigenvalue weighted by Crippen LogP contribution is -2.44.